The molecule has 7 heteroatoms. The maximum atomic E-state index is 12.1. The van der Waals surface area contributed by atoms with Crippen LogP contribution in [-0.4, -0.2) is 39.6 Å². The normalized spacial score (nSPS) is 12.0. The lowest BCUT2D eigenvalue weighted by atomic mass is 10.1. The van der Waals surface area contributed by atoms with Crippen LogP contribution in [0.2, 0.25) is 0 Å². The number of methoxy groups -OCH3 is 1. The van der Waals surface area contributed by atoms with E-state index in [0.717, 1.165) is 11.3 Å². The summed E-state index contributed by atoms with van der Waals surface area (Å²) in [6.07, 6.45) is 1.78. The van der Waals surface area contributed by atoms with E-state index in [4.69, 9.17) is 4.74 Å². The van der Waals surface area contributed by atoms with Gasteiger partial charge in [0.1, 0.15) is 5.75 Å². The number of rotatable bonds is 9. The molecule has 0 bridgehead atoms. The van der Waals surface area contributed by atoms with Crippen LogP contribution in [-0.2, 0) is 11.3 Å². The van der Waals surface area contributed by atoms with Crippen molar-refractivity contribution in [2.75, 3.05) is 12.9 Å². The first kappa shape index (κ1) is 20.0. The van der Waals surface area contributed by atoms with E-state index < -0.39 is 0 Å². The zero-order chi connectivity index (χ0) is 19.1. The lowest BCUT2D eigenvalue weighted by Crippen LogP contribution is -2.37. The molecule has 0 aliphatic rings. The molecule has 1 atom stereocenters. The quantitative estimate of drug-likeness (QED) is 0.538. The molecule has 0 radical (unpaired) electrons. The van der Waals surface area contributed by atoms with Gasteiger partial charge in [-0.2, -0.15) is 0 Å². The summed E-state index contributed by atoms with van der Waals surface area (Å²) in [6.45, 7) is 10.5. The Morgan fingerprint density at radius 3 is 2.73 bits per heavy atom. The predicted molar refractivity (Wildman–Crippen MR) is 105 cm³/mol. The second-order valence-electron chi connectivity index (χ2n) is 6.29. The number of nitrogens with one attached hydrogen (secondary N) is 1. The molecule has 0 saturated carbocycles. The van der Waals surface area contributed by atoms with E-state index in [-0.39, 0.29) is 17.7 Å². The molecular formula is C19H26N4O2S. The summed E-state index contributed by atoms with van der Waals surface area (Å²) in [5, 5.41) is 12.3. The van der Waals surface area contributed by atoms with Crippen LogP contribution in [0.3, 0.4) is 0 Å². The van der Waals surface area contributed by atoms with Crippen LogP contribution in [0.4, 0.5) is 0 Å². The Balaban J connectivity index is 2.19. The monoisotopic (exact) mass is 374 g/mol. The maximum Gasteiger partial charge on any atom is 0.230 e. The molecule has 140 valence electrons. The van der Waals surface area contributed by atoms with Gasteiger partial charge in [0.05, 0.1) is 18.4 Å². The van der Waals surface area contributed by atoms with E-state index >= 15 is 0 Å². The van der Waals surface area contributed by atoms with Crippen LogP contribution in [0.1, 0.15) is 20.8 Å². The fourth-order valence-corrected chi connectivity index (χ4v) is 3.07. The summed E-state index contributed by atoms with van der Waals surface area (Å²) in [7, 11) is 1.63. The van der Waals surface area contributed by atoms with Gasteiger partial charge in [0, 0.05) is 12.6 Å². The van der Waals surface area contributed by atoms with Crippen molar-refractivity contribution < 1.29 is 9.53 Å². The summed E-state index contributed by atoms with van der Waals surface area (Å²) in [6, 6.07) is 7.80. The van der Waals surface area contributed by atoms with E-state index in [9.17, 15) is 4.79 Å². The summed E-state index contributed by atoms with van der Waals surface area (Å²) >= 11 is 1.37. The molecule has 0 spiro atoms. The van der Waals surface area contributed by atoms with Gasteiger partial charge in [0.25, 0.3) is 0 Å². The highest BCUT2D eigenvalue weighted by atomic mass is 32.2. The fourth-order valence-electron chi connectivity index (χ4n) is 2.31. The molecule has 0 unspecified atom stereocenters. The fraction of sp³-hybridized carbons (Fsp3) is 0.421. The number of carbonyl (C=O) groups is 1. The Bertz CT molecular complexity index is 758. The second kappa shape index (κ2) is 9.43. The molecular weight excluding hydrogens is 348 g/mol. The maximum absolute atomic E-state index is 12.1. The van der Waals surface area contributed by atoms with Gasteiger partial charge in [0.2, 0.25) is 5.91 Å². The molecule has 26 heavy (non-hydrogen) atoms. The highest BCUT2D eigenvalue weighted by molar-refractivity contribution is 7.99. The molecule has 0 aliphatic carbocycles. The Kier molecular flexibility index (Phi) is 7.26. The van der Waals surface area contributed by atoms with Crippen molar-refractivity contribution in [3.63, 3.8) is 0 Å². The van der Waals surface area contributed by atoms with Gasteiger partial charge in [-0.15, -0.1) is 16.8 Å². The minimum Gasteiger partial charge on any atom is -0.496 e. The van der Waals surface area contributed by atoms with E-state index in [1.165, 1.54) is 11.8 Å². The molecule has 0 saturated heterocycles. The van der Waals surface area contributed by atoms with Crippen LogP contribution >= 0.6 is 11.8 Å². The van der Waals surface area contributed by atoms with Crippen molar-refractivity contribution in [1.29, 1.82) is 0 Å². The molecule has 2 rings (SSSR count). The minimum absolute atomic E-state index is 0.0109. The van der Waals surface area contributed by atoms with Crippen LogP contribution < -0.4 is 10.1 Å². The number of hydrogen-bond donors (Lipinski definition) is 1. The second-order valence-corrected chi connectivity index (χ2v) is 7.24. The van der Waals surface area contributed by atoms with Crippen LogP contribution in [0, 0.1) is 5.92 Å². The lowest BCUT2D eigenvalue weighted by molar-refractivity contribution is -0.119. The van der Waals surface area contributed by atoms with Gasteiger partial charge < -0.3 is 10.1 Å². The molecule has 6 nitrogen and oxygen atoms in total. The minimum atomic E-state index is -0.0109. The number of carbonyl (C=O) groups excluding carboxylic acids is 1. The predicted octanol–water partition coefficient (Wildman–Crippen LogP) is 3.39. The number of amides is 1. The van der Waals surface area contributed by atoms with Gasteiger partial charge in [-0.05, 0) is 25.0 Å². The number of benzene rings is 1. The number of hydrogen-bond acceptors (Lipinski definition) is 5. The van der Waals surface area contributed by atoms with Crippen molar-refractivity contribution in [2.24, 2.45) is 5.92 Å². The van der Waals surface area contributed by atoms with Crippen molar-refractivity contribution in [3.8, 4) is 17.1 Å². The molecule has 1 N–H and O–H groups in total. The van der Waals surface area contributed by atoms with Gasteiger partial charge in [-0.1, -0.05) is 43.8 Å². The molecule has 0 fully saturated rings. The van der Waals surface area contributed by atoms with E-state index in [1.54, 1.807) is 13.2 Å². The standard InChI is InChI=1S/C19H26N4O2S/c1-6-11-23-18(15-9-7-8-10-16(15)25-5)21-22-19(23)26-12-17(24)20-14(4)13(2)3/h6-10,13-14H,1,11-12H2,2-5H3,(H,20,24)/t14-/m0/s1. The highest BCUT2D eigenvalue weighted by Crippen LogP contribution is 2.30. The van der Waals surface area contributed by atoms with Crippen molar-refractivity contribution >= 4 is 17.7 Å². The molecule has 1 amide bonds. The number of aromatic nitrogens is 3. The van der Waals surface area contributed by atoms with E-state index in [0.29, 0.717) is 23.4 Å². The zero-order valence-corrected chi connectivity index (χ0v) is 16.5. The Hall–Kier alpha value is -2.28. The third-order valence-corrected chi connectivity index (χ3v) is 5.06. The van der Waals surface area contributed by atoms with Crippen molar-refractivity contribution in [1.82, 2.24) is 20.1 Å². The Morgan fingerprint density at radius 1 is 1.35 bits per heavy atom. The largest absolute Gasteiger partial charge is 0.496 e. The van der Waals surface area contributed by atoms with Gasteiger partial charge >= 0.3 is 0 Å². The number of ether oxygens (including phenoxy) is 1. The zero-order valence-electron chi connectivity index (χ0n) is 15.7. The first-order chi connectivity index (χ1) is 12.5. The topological polar surface area (TPSA) is 69.0 Å². The van der Waals surface area contributed by atoms with E-state index in [2.05, 4.69) is 35.9 Å². The van der Waals surface area contributed by atoms with Crippen LogP contribution in [0.5, 0.6) is 5.75 Å². The number of thioether (sulfide) groups is 1. The first-order valence-electron chi connectivity index (χ1n) is 8.57. The average molecular weight is 375 g/mol. The van der Waals surface area contributed by atoms with Crippen LogP contribution in [0.25, 0.3) is 11.4 Å². The summed E-state index contributed by atoms with van der Waals surface area (Å²) < 4.78 is 7.37. The van der Waals surface area contributed by atoms with Gasteiger partial charge in [0.15, 0.2) is 11.0 Å². The first-order valence-corrected chi connectivity index (χ1v) is 9.56. The molecule has 1 aromatic heterocycles. The Morgan fingerprint density at radius 2 is 2.08 bits per heavy atom. The van der Waals surface area contributed by atoms with Crippen LogP contribution in [0.15, 0.2) is 42.1 Å². The summed E-state index contributed by atoms with van der Waals surface area (Å²) in [5.41, 5.74) is 0.856. The SMILES string of the molecule is C=CCn1c(SCC(=O)N[C@@H](C)C(C)C)nnc1-c1ccccc1OC. The van der Waals surface area contributed by atoms with Crippen molar-refractivity contribution in [2.45, 2.75) is 38.5 Å². The smallest absolute Gasteiger partial charge is 0.230 e. The number of allylic oxidation sites excluding steroid dienone is 1. The Labute approximate surface area is 159 Å². The number of nitrogens with zero attached hydrogens (tertiary/aromatic N) is 3. The lowest BCUT2D eigenvalue weighted by Gasteiger charge is -2.17. The molecule has 0 aliphatic heterocycles. The highest BCUT2D eigenvalue weighted by Gasteiger charge is 2.18. The molecule has 2 aromatic rings. The van der Waals surface area contributed by atoms with E-state index in [1.807, 2.05) is 35.8 Å². The van der Waals surface area contributed by atoms with Gasteiger partial charge in [-0.3, -0.25) is 9.36 Å². The third-order valence-electron chi connectivity index (χ3n) is 4.10. The van der Waals surface area contributed by atoms with Crippen molar-refractivity contribution in [3.05, 3.63) is 36.9 Å². The molecule has 1 aromatic carbocycles. The summed E-state index contributed by atoms with van der Waals surface area (Å²) in [5.74, 6) is 2.10. The molecule has 1 heterocycles. The third kappa shape index (κ3) is 4.88. The summed E-state index contributed by atoms with van der Waals surface area (Å²) in [4.78, 5) is 12.1. The van der Waals surface area contributed by atoms with Gasteiger partial charge in [-0.25, -0.2) is 0 Å². The average Bonchev–Trinajstić information content (AvgIpc) is 3.02. The number of para-hydroxylation sites is 1.